The zero-order chi connectivity index (χ0) is 21.4. The van der Waals surface area contributed by atoms with E-state index in [1.54, 1.807) is 42.7 Å². The molecule has 1 aromatic carbocycles. The number of hydrogen-bond acceptors (Lipinski definition) is 5. The van der Waals surface area contributed by atoms with Crippen molar-refractivity contribution in [1.29, 1.82) is 0 Å². The largest absolute Gasteiger partial charge is 0.439 e. The number of nitrogens with one attached hydrogen (secondary N) is 2. The Kier molecular flexibility index (Phi) is 7.37. The molecule has 0 spiro atoms. The second kappa shape index (κ2) is 10.2. The molecular weight excluding hydrogens is 403 g/mol. The van der Waals surface area contributed by atoms with Crippen molar-refractivity contribution in [3.63, 3.8) is 0 Å². The van der Waals surface area contributed by atoms with Crippen LogP contribution in [-0.2, 0) is 12.1 Å². The molecule has 3 rings (SSSR count). The molecule has 6 nitrogen and oxygen atoms in total. The third kappa shape index (κ3) is 6.01. The first-order valence-electron chi connectivity index (χ1n) is 9.62. The van der Waals surface area contributed by atoms with Gasteiger partial charge in [-0.05, 0) is 54.4 Å². The van der Waals surface area contributed by atoms with E-state index in [-0.39, 0.29) is 5.82 Å². The zero-order valence-electron chi connectivity index (χ0n) is 16.9. The molecule has 0 radical (unpaired) electrons. The molecule has 0 saturated carbocycles. The molecule has 0 bridgehead atoms. The van der Waals surface area contributed by atoms with Gasteiger partial charge in [-0.1, -0.05) is 12.1 Å². The highest BCUT2D eigenvalue weighted by Gasteiger charge is 2.23. The minimum atomic E-state index is -1.02. The van der Waals surface area contributed by atoms with E-state index >= 15 is 0 Å². The summed E-state index contributed by atoms with van der Waals surface area (Å²) in [5.41, 5.74) is 0.591. The Bertz CT molecular complexity index is 977. The smallest absolute Gasteiger partial charge is 0.224 e. The minimum absolute atomic E-state index is 0.300. The lowest BCUT2D eigenvalue weighted by molar-refractivity contribution is 0.0621. The van der Waals surface area contributed by atoms with Gasteiger partial charge in [0.05, 0.1) is 13.1 Å². The van der Waals surface area contributed by atoms with Crippen LogP contribution in [0.15, 0.2) is 64.4 Å². The Morgan fingerprint density at radius 1 is 1.27 bits per heavy atom. The van der Waals surface area contributed by atoms with Crippen LogP contribution in [0, 0.1) is 5.82 Å². The van der Waals surface area contributed by atoms with E-state index in [2.05, 4.69) is 20.6 Å². The molecule has 1 unspecified atom stereocenters. The van der Waals surface area contributed by atoms with E-state index in [0.717, 1.165) is 11.1 Å². The summed E-state index contributed by atoms with van der Waals surface area (Å²) in [4.78, 5) is 8.83. The Balaban J connectivity index is 1.70. The van der Waals surface area contributed by atoms with E-state index in [4.69, 9.17) is 4.74 Å². The number of aromatic nitrogens is 1. The number of halogens is 1. The fourth-order valence-electron chi connectivity index (χ4n) is 2.71. The van der Waals surface area contributed by atoms with Crippen LogP contribution in [0.4, 0.5) is 4.39 Å². The molecular formula is C22H25FN4O2S. The van der Waals surface area contributed by atoms with Gasteiger partial charge in [0, 0.05) is 24.4 Å². The Morgan fingerprint density at radius 2 is 2.13 bits per heavy atom. The van der Waals surface area contributed by atoms with Gasteiger partial charge in [-0.2, -0.15) is 11.3 Å². The van der Waals surface area contributed by atoms with Crippen LogP contribution < -0.4 is 15.4 Å². The van der Waals surface area contributed by atoms with Gasteiger partial charge in [-0.25, -0.2) is 14.4 Å². The van der Waals surface area contributed by atoms with Crippen molar-refractivity contribution in [2.24, 2.45) is 4.99 Å². The van der Waals surface area contributed by atoms with Crippen LogP contribution in [0.5, 0.6) is 11.6 Å². The lowest BCUT2D eigenvalue weighted by atomic mass is 9.99. The number of rotatable bonds is 8. The van der Waals surface area contributed by atoms with Crippen molar-refractivity contribution in [3.8, 4) is 11.6 Å². The molecule has 8 heteroatoms. The molecule has 0 saturated heterocycles. The fraction of sp³-hybridized carbons (Fsp3) is 0.273. The molecule has 0 aliphatic rings. The van der Waals surface area contributed by atoms with E-state index in [1.807, 2.05) is 29.8 Å². The van der Waals surface area contributed by atoms with E-state index in [9.17, 15) is 9.50 Å². The van der Waals surface area contributed by atoms with Crippen molar-refractivity contribution in [1.82, 2.24) is 15.6 Å². The maximum atomic E-state index is 13.4. The van der Waals surface area contributed by atoms with Crippen LogP contribution in [0.25, 0.3) is 0 Å². The quantitative estimate of drug-likeness (QED) is 0.373. The van der Waals surface area contributed by atoms with Crippen LogP contribution in [-0.4, -0.2) is 29.1 Å². The van der Waals surface area contributed by atoms with Crippen molar-refractivity contribution in [2.75, 3.05) is 13.1 Å². The van der Waals surface area contributed by atoms with Crippen LogP contribution in [0.3, 0.4) is 0 Å². The molecule has 0 fully saturated rings. The number of thiophene rings is 1. The van der Waals surface area contributed by atoms with Crippen LogP contribution >= 0.6 is 11.3 Å². The third-order valence-corrected chi connectivity index (χ3v) is 5.04. The summed E-state index contributed by atoms with van der Waals surface area (Å²) in [5, 5.41) is 20.9. The lowest BCUT2D eigenvalue weighted by Crippen LogP contribution is -2.44. The number of guanidine groups is 1. The number of ether oxygens (including phenoxy) is 1. The van der Waals surface area contributed by atoms with Gasteiger partial charge < -0.3 is 20.5 Å². The van der Waals surface area contributed by atoms with E-state index in [1.165, 1.54) is 12.1 Å². The number of hydrogen-bond donors (Lipinski definition) is 3. The Hall–Kier alpha value is -2.97. The summed E-state index contributed by atoms with van der Waals surface area (Å²) in [6, 6.07) is 11.5. The number of pyridine rings is 1. The first-order valence-corrected chi connectivity index (χ1v) is 10.6. The van der Waals surface area contributed by atoms with Crippen molar-refractivity contribution >= 4 is 17.3 Å². The molecule has 30 heavy (non-hydrogen) atoms. The Labute approximate surface area is 179 Å². The summed E-state index contributed by atoms with van der Waals surface area (Å²) in [7, 11) is 0. The average Bonchev–Trinajstić information content (AvgIpc) is 3.27. The van der Waals surface area contributed by atoms with Crippen molar-refractivity contribution in [3.05, 3.63) is 76.4 Å². The van der Waals surface area contributed by atoms with Crippen LogP contribution in [0.1, 0.15) is 25.0 Å². The summed E-state index contributed by atoms with van der Waals surface area (Å²) < 4.78 is 19.2. The Morgan fingerprint density at radius 3 is 2.87 bits per heavy atom. The number of aliphatic imine (C=N–C) groups is 1. The molecule has 3 aromatic rings. The third-order valence-electron chi connectivity index (χ3n) is 4.36. The van der Waals surface area contributed by atoms with Gasteiger partial charge in [0.1, 0.15) is 17.2 Å². The normalized spacial score (nSPS) is 13.5. The number of nitrogens with zero attached hydrogens (tertiary/aromatic N) is 2. The van der Waals surface area contributed by atoms with Gasteiger partial charge in [0.25, 0.3) is 0 Å². The van der Waals surface area contributed by atoms with Crippen LogP contribution in [0.2, 0.25) is 0 Å². The lowest BCUT2D eigenvalue weighted by Gasteiger charge is -2.24. The molecule has 2 aromatic heterocycles. The summed E-state index contributed by atoms with van der Waals surface area (Å²) in [6.45, 7) is 5.00. The van der Waals surface area contributed by atoms with Gasteiger partial charge >= 0.3 is 0 Å². The minimum Gasteiger partial charge on any atom is -0.439 e. The highest BCUT2D eigenvalue weighted by molar-refractivity contribution is 7.08. The predicted molar refractivity (Wildman–Crippen MR) is 117 cm³/mol. The number of benzene rings is 1. The van der Waals surface area contributed by atoms with E-state index in [0.29, 0.717) is 37.2 Å². The predicted octanol–water partition coefficient (Wildman–Crippen LogP) is 4.04. The van der Waals surface area contributed by atoms with Crippen molar-refractivity contribution in [2.45, 2.75) is 26.0 Å². The van der Waals surface area contributed by atoms with Gasteiger partial charge in [0.2, 0.25) is 5.88 Å². The highest BCUT2D eigenvalue weighted by Crippen LogP contribution is 2.24. The maximum absolute atomic E-state index is 13.4. The standard InChI is InChI=1S/C22H25FN4O2S/c1-3-24-21(27-15-22(2,28)17-9-11-30-14-17)26-13-16-6-5-10-25-20(16)29-19-8-4-7-18(23)12-19/h4-12,14,28H,3,13,15H2,1-2H3,(H2,24,26,27). The fourth-order valence-corrected chi connectivity index (χ4v) is 3.50. The molecule has 0 amide bonds. The average molecular weight is 429 g/mol. The molecule has 0 aliphatic heterocycles. The first kappa shape index (κ1) is 21.7. The summed E-state index contributed by atoms with van der Waals surface area (Å²) in [6.07, 6.45) is 1.61. The molecule has 1 atom stereocenters. The number of aliphatic hydroxyl groups is 1. The summed E-state index contributed by atoms with van der Waals surface area (Å²) >= 11 is 1.54. The highest BCUT2D eigenvalue weighted by atomic mass is 32.1. The second-order valence-electron chi connectivity index (χ2n) is 6.86. The van der Waals surface area contributed by atoms with Gasteiger partial charge in [-0.15, -0.1) is 0 Å². The summed E-state index contributed by atoms with van der Waals surface area (Å²) in [5.74, 6) is 0.927. The zero-order valence-corrected chi connectivity index (χ0v) is 17.7. The maximum Gasteiger partial charge on any atom is 0.224 e. The molecule has 3 N–H and O–H groups in total. The van der Waals surface area contributed by atoms with Gasteiger partial charge in [0.15, 0.2) is 5.96 Å². The second-order valence-corrected chi connectivity index (χ2v) is 7.64. The van der Waals surface area contributed by atoms with Gasteiger partial charge in [-0.3, -0.25) is 0 Å². The molecule has 2 heterocycles. The molecule has 158 valence electrons. The topological polar surface area (TPSA) is 78.8 Å². The van der Waals surface area contributed by atoms with Crippen molar-refractivity contribution < 1.29 is 14.2 Å². The SMILES string of the molecule is CCNC(=NCc1cccnc1Oc1cccc(F)c1)NCC(C)(O)c1ccsc1. The first-order chi connectivity index (χ1) is 14.5. The molecule has 0 aliphatic carbocycles. The monoisotopic (exact) mass is 428 g/mol. The van der Waals surface area contributed by atoms with E-state index < -0.39 is 5.60 Å².